The number of halogens is 1. The number of likely N-dealkylation sites (tertiary alicyclic amines) is 1. The molecule has 1 saturated carbocycles. The van der Waals surface area contributed by atoms with Crippen molar-refractivity contribution in [3.63, 3.8) is 0 Å². The molecule has 100 valence electrons. The van der Waals surface area contributed by atoms with Crippen LogP contribution in [0.15, 0.2) is 15.9 Å². The Morgan fingerprint density at radius 2 is 2.06 bits per heavy atom. The third-order valence-corrected chi connectivity index (χ3v) is 5.66. The zero-order chi connectivity index (χ0) is 12.4. The van der Waals surface area contributed by atoms with E-state index in [9.17, 15) is 0 Å². The summed E-state index contributed by atoms with van der Waals surface area (Å²) < 4.78 is 1.23. The number of thiophene rings is 1. The van der Waals surface area contributed by atoms with E-state index in [0.717, 1.165) is 18.5 Å². The first-order valence-corrected chi connectivity index (χ1v) is 8.65. The van der Waals surface area contributed by atoms with E-state index in [4.69, 9.17) is 0 Å². The Morgan fingerprint density at radius 3 is 2.67 bits per heavy atom. The summed E-state index contributed by atoms with van der Waals surface area (Å²) in [6.07, 6.45) is 5.55. The molecule has 2 fully saturated rings. The van der Waals surface area contributed by atoms with Crippen molar-refractivity contribution >= 4 is 27.3 Å². The Kier molecular flexibility index (Phi) is 4.39. The Morgan fingerprint density at radius 1 is 1.28 bits per heavy atom. The molecule has 0 atom stereocenters. The van der Waals surface area contributed by atoms with Crippen LogP contribution in [0.25, 0.3) is 0 Å². The van der Waals surface area contributed by atoms with Gasteiger partial charge in [0.2, 0.25) is 0 Å². The average molecular weight is 329 g/mol. The third kappa shape index (κ3) is 3.80. The zero-order valence-electron chi connectivity index (χ0n) is 10.7. The maximum Gasteiger partial charge on any atom is 0.0328 e. The highest BCUT2D eigenvalue weighted by molar-refractivity contribution is 9.10. The van der Waals surface area contributed by atoms with E-state index >= 15 is 0 Å². The number of hydrogen-bond donors (Lipinski definition) is 1. The highest BCUT2D eigenvalue weighted by Gasteiger charge is 2.24. The van der Waals surface area contributed by atoms with Crippen molar-refractivity contribution in [2.75, 3.05) is 19.6 Å². The second-order valence-electron chi connectivity index (χ2n) is 5.63. The van der Waals surface area contributed by atoms with Crippen molar-refractivity contribution in [1.82, 2.24) is 10.2 Å². The molecule has 1 N–H and O–H groups in total. The first-order valence-electron chi connectivity index (χ1n) is 6.98. The first kappa shape index (κ1) is 13.1. The third-order valence-electron chi connectivity index (χ3n) is 3.98. The first-order chi connectivity index (χ1) is 8.79. The predicted octanol–water partition coefficient (Wildman–Crippen LogP) is 3.47. The molecule has 0 spiro atoms. The van der Waals surface area contributed by atoms with E-state index < -0.39 is 0 Å². The van der Waals surface area contributed by atoms with Crippen LogP contribution < -0.4 is 5.32 Å². The number of piperidine rings is 1. The van der Waals surface area contributed by atoms with Gasteiger partial charge in [-0.15, -0.1) is 11.3 Å². The topological polar surface area (TPSA) is 15.3 Å². The summed E-state index contributed by atoms with van der Waals surface area (Å²) in [4.78, 5) is 4.07. The minimum absolute atomic E-state index is 0.775. The fourth-order valence-electron chi connectivity index (χ4n) is 2.61. The summed E-state index contributed by atoms with van der Waals surface area (Å²) in [5, 5.41) is 5.92. The van der Waals surface area contributed by atoms with Gasteiger partial charge >= 0.3 is 0 Å². The molecule has 2 aliphatic rings. The quantitative estimate of drug-likeness (QED) is 0.890. The van der Waals surface area contributed by atoms with Gasteiger partial charge in [0.25, 0.3) is 0 Å². The van der Waals surface area contributed by atoms with Crippen LogP contribution in [0.3, 0.4) is 0 Å². The van der Waals surface area contributed by atoms with Gasteiger partial charge in [0, 0.05) is 27.3 Å². The second kappa shape index (κ2) is 6.04. The average Bonchev–Trinajstić information content (AvgIpc) is 3.12. The van der Waals surface area contributed by atoms with Crippen LogP contribution in [0.1, 0.15) is 30.6 Å². The van der Waals surface area contributed by atoms with Gasteiger partial charge in [-0.05, 0) is 73.2 Å². The molecule has 18 heavy (non-hydrogen) atoms. The fraction of sp³-hybridized carbons (Fsp3) is 0.714. The smallest absolute Gasteiger partial charge is 0.0328 e. The van der Waals surface area contributed by atoms with Crippen molar-refractivity contribution in [2.45, 2.75) is 38.3 Å². The maximum atomic E-state index is 3.74. The van der Waals surface area contributed by atoms with E-state index in [0.29, 0.717) is 0 Å². The van der Waals surface area contributed by atoms with Crippen molar-refractivity contribution in [1.29, 1.82) is 0 Å². The van der Waals surface area contributed by atoms with Gasteiger partial charge in [-0.3, -0.25) is 4.90 Å². The van der Waals surface area contributed by atoms with Crippen LogP contribution in [-0.2, 0) is 6.54 Å². The standard InChI is InChI=1S/C14H21BrN2S/c15-12-7-14(18-10-12)9-17-5-3-13(4-6-17)16-8-11-1-2-11/h7,10-11,13,16H,1-6,8-9H2. The zero-order valence-corrected chi connectivity index (χ0v) is 13.1. The maximum absolute atomic E-state index is 3.74. The van der Waals surface area contributed by atoms with Gasteiger partial charge in [0.05, 0.1) is 0 Å². The molecule has 1 aromatic rings. The number of hydrogen-bond acceptors (Lipinski definition) is 3. The Labute approximate surface area is 122 Å². The van der Waals surface area contributed by atoms with E-state index in [2.05, 4.69) is 37.6 Å². The lowest BCUT2D eigenvalue weighted by Gasteiger charge is -2.32. The van der Waals surface area contributed by atoms with E-state index in [1.165, 1.54) is 54.7 Å². The van der Waals surface area contributed by atoms with Gasteiger partial charge in [0.1, 0.15) is 0 Å². The highest BCUT2D eigenvalue weighted by Crippen LogP contribution is 2.28. The minimum Gasteiger partial charge on any atom is -0.314 e. The summed E-state index contributed by atoms with van der Waals surface area (Å²) in [6, 6.07) is 3.03. The molecule has 4 heteroatoms. The number of nitrogens with one attached hydrogen (secondary N) is 1. The summed E-state index contributed by atoms with van der Waals surface area (Å²) in [5.74, 6) is 1.01. The van der Waals surface area contributed by atoms with Crippen LogP contribution in [0.4, 0.5) is 0 Å². The monoisotopic (exact) mass is 328 g/mol. The van der Waals surface area contributed by atoms with Gasteiger partial charge in [-0.25, -0.2) is 0 Å². The van der Waals surface area contributed by atoms with Crippen molar-refractivity contribution < 1.29 is 0 Å². The van der Waals surface area contributed by atoms with Crippen molar-refractivity contribution in [2.24, 2.45) is 5.92 Å². The molecule has 0 unspecified atom stereocenters. The highest BCUT2D eigenvalue weighted by atomic mass is 79.9. The van der Waals surface area contributed by atoms with Gasteiger partial charge in [-0.1, -0.05) is 0 Å². The lowest BCUT2D eigenvalue weighted by atomic mass is 10.0. The van der Waals surface area contributed by atoms with Crippen LogP contribution in [0.2, 0.25) is 0 Å². The lowest BCUT2D eigenvalue weighted by Crippen LogP contribution is -2.42. The molecule has 1 aliphatic heterocycles. The molecule has 0 amide bonds. The summed E-state index contributed by atoms with van der Waals surface area (Å²) >= 11 is 5.39. The molecule has 0 aromatic carbocycles. The summed E-state index contributed by atoms with van der Waals surface area (Å²) in [5.41, 5.74) is 0. The molecule has 2 nitrogen and oxygen atoms in total. The van der Waals surface area contributed by atoms with Gasteiger partial charge in [-0.2, -0.15) is 0 Å². The van der Waals surface area contributed by atoms with Crippen molar-refractivity contribution in [3.05, 3.63) is 20.8 Å². The predicted molar refractivity (Wildman–Crippen MR) is 81.0 cm³/mol. The molecule has 0 bridgehead atoms. The SMILES string of the molecule is Brc1csc(CN2CCC(NCC3CC3)CC2)c1. The molecule has 0 radical (unpaired) electrons. The van der Waals surface area contributed by atoms with Gasteiger partial charge < -0.3 is 5.32 Å². The Balaban J connectivity index is 1.39. The Bertz CT molecular complexity index is 381. The normalized spacial score (nSPS) is 22.5. The Hall–Kier alpha value is 0.1000. The summed E-state index contributed by atoms with van der Waals surface area (Å²) in [6.45, 7) is 4.89. The van der Waals surface area contributed by atoms with Crippen LogP contribution in [0, 0.1) is 5.92 Å². The van der Waals surface area contributed by atoms with Crippen molar-refractivity contribution in [3.8, 4) is 0 Å². The molecular formula is C14H21BrN2S. The van der Waals surface area contributed by atoms with Crippen LogP contribution >= 0.6 is 27.3 Å². The summed E-state index contributed by atoms with van der Waals surface area (Å²) in [7, 11) is 0. The molecule has 1 aromatic heterocycles. The molecule has 2 heterocycles. The van der Waals surface area contributed by atoms with Gasteiger partial charge in [0.15, 0.2) is 0 Å². The van der Waals surface area contributed by atoms with Crippen LogP contribution in [0.5, 0.6) is 0 Å². The number of rotatable bonds is 5. The molecule has 3 rings (SSSR count). The van der Waals surface area contributed by atoms with E-state index in [1.54, 1.807) is 0 Å². The lowest BCUT2D eigenvalue weighted by molar-refractivity contribution is 0.191. The van der Waals surface area contributed by atoms with E-state index in [1.807, 2.05) is 11.3 Å². The fourth-order valence-corrected chi connectivity index (χ4v) is 4.10. The largest absolute Gasteiger partial charge is 0.314 e. The van der Waals surface area contributed by atoms with E-state index in [-0.39, 0.29) is 0 Å². The van der Waals surface area contributed by atoms with Crippen LogP contribution in [-0.4, -0.2) is 30.6 Å². The molecule has 1 aliphatic carbocycles. The number of nitrogens with zero attached hydrogens (tertiary/aromatic N) is 1. The second-order valence-corrected chi connectivity index (χ2v) is 7.54. The molecule has 1 saturated heterocycles. The minimum atomic E-state index is 0.775. The molecular weight excluding hydrogens is 308 g/mol.